The van der Waals surface area contributed by atoms with Crippen molar-refractivity contribution in [2.24, 2.45) is 0 Å². The van der Waals surface area contributed by atoms with Gasteiger partial charge in [-0.05, 0) is 24.6 Å². The molecule has 0 spiro atoms. The van der Waals surface area contributed by atoms with E-state index < -0.39 is 11.9 Å². The van der Waals surface area contributed by atoms with E-state index in [1.807, 2.05) is 0 Å². The molecular formula is C12H12O5. The third-order valence-electron chi connectivity index (χ3n) is 2.14. The van der Waals surface area contributed by atoms with Crippen LogP contribution in [0.2, 0.25) is 0 Å². The van der Waals surface area contributed by atoms with Crippen LogP contribution in [0.5, 0.6) is 5.75 Å². The van der Waals surface area contributed by atoms with Crippen molar-refractivity contribution >= 4 is 11.9 Å². The Hall–Kier alpha value is -2.30. The van der Waals surface area contributed by atoms with E-state index >= 15 is 0 Å². The van der Waals surface area contributed by atoms with Crippen LogP contribution in [-0.2, 0) is 0 Å². The number of carboxylic acid groups (broad SMARTS) is 2. The molecule has 0 fully saturated rings. The van der Waals surface area contributed by atoms with Crippen molar-refractivity contribution in [2.75, 3.05) is 6.61 Å². The highest BCUT2D eigenvalue weighted by atomic mass is 16.5. The van der Waals surface area contributed by atoms with E-state index in [0.29, 0.717) is 5.56 Å². The largest absolute Gasteiger partial charge is 0.489 e. The molecule has 5 heteroatoms. The Morgan fingerprint density at radius 1 is 1.29 bits per heavy atom. The summed E-state index contributed by atoms with van der Waals surface area (Å²) in [6.07, 6.45) is 1.48. The third-order valence-corrected chi connectivity index (χ3v) is 2.14. The first-order valence-corrected chi connectivity index (χ1v) is 4.82. The summed E-state index contributed by atoms with van der Waals surface area (Å²) >= 11 is 0. The van der Waals surface area contributed by atoms with Gasteiger partial charge in [0.2, 0.25) is 0 Å². The number of hydrogen-bond acceptors (Lipinski definition) is 3. The molecule has 0 amide bonds. The van der Waals surface area contributed by atoms with Gasteiger partial charge in [0.15, 0.2) is 0 Å². The van der Waals surface area contributed by atoms with E-state index in [9.17, 15) is 9.59 Å². The third kappa shape index (κ3) is 2.84. The molecular weight excluding hydrogens is 224 g/mol. The van der Waals surface area contributed by atoms with Gasteiger partial charge >= 0.3 is 11.9 Å². The fourth-order valence-electron chi connectivity index (χ4n) is 1.35. The summed E-state index contributed by atoms with van der Waals surface area (Å²) in [4.78, 5) is 21.8. The lowest BCUT2D eigenvalue weighted by molar-refractivity contribution is 0.0692. The summed E-state index contributed by atoms with van der Waals surface area (Å²) in [5.74, 6) is -2.26. The average Bonchev–Trinajstić information content (AvgIpc) is 2.25. The molecule has 1 aromatic carbocycles. The number of rotatable bonds is 5. The fraction of sp³-hybridized carbons (Fsp3) is 0.167. The quantitative estimate of drug-likeness (QED) is 0.763. The molecule has 0 saturated heterocycles. The summed E-state index contributed by atoms with van der Waals surface area (Å²) in [6.45, 7) is 5.19. The minimum atomic E-state index is -1.23. The first kappa shape index (κ1) is 12.8. The van der Waals surface area contributed by atoms with Crippen LogP contribution in [0.4, 0.5) is 0 Å². The molecule has 1 rings (SSSR count). The lowest BCUT2D eigenvalue weighted by atomic mass is 10.0. The van der Waals surface area contributed by atoms with Crippen molar-refractivity contribution in [3.05, 3.63) is 41.5 Å². The van der Waals surface area contributed by atoms with Crippen LogP contribution in [0.25, 0.3) is 0 Å². The van der Waals surface area contributed by atoms with Crippen molar-refractivity contribution in [1.29, 1.82) is 0 Å². The predicted molar refractivity (Wildman–Crippen MR) is 60.8 cm³/mol. The maximum Gasteiger partial charge on any atom is 0.339 e. The molecule has 5 nitrogen and oxygen atoms in total. The second-order valence-corrected chi connectivity index (χ2v) is 3.37. The molecule has 2 N–H and O–H groups in total. The summed E-state index contributed by atoms with van der Waals surface area (Å²) in [5, 5.41) is 17.9. The lowest BCUT2D eigenvalue weighted by Gasteiger charge is -2.10. The highest BCUT2D eigenvalue weighted by Crippen LogP contribution is 2.24. The van der Waals surface area contributed by atoms with E-state index in [-0.39, 0.29) is 23.5 Å². The number of aryl methyl sites for hydroxylation is 1. The summed E-state index contributed by atoms with van der Waals surface area (Å²) in [5.41, 5.74) is 0.227. The monoisotopic (exact) mass is 236 g/mol. The first-order chi connectivity index (χ1) is 7.97. The van der Waals surface area contributed by atoms with E-state index in [4.69, 9.17) is 14.9 Å². The maximum absolute atomic E-state index is 11.0. The maximum atomic E-state index is 11.0. The standard InChI is InChI=1S/C12H12O5/c1-3-4-17-10-5-7(2)8(11(13)14)6-9(10)12(15)16/h3,5-6H,1,4H2,2H3,(H,13,14)(H,15,16). The molecule has 0 aromatic heterocycles. The predicted octanol–water partition coefficient (Wildman–Crippen LogP) is 1.96. The number of aromatic carboxylic acids is 2. The van der Waals surface area contributed by atoms with Crippen molar-refractivity contribution in [2.45, 2.75) is 6.92 Å². The van der Waals surface area contributed by atoms with Crippen LogP contribution in [0.15, 0.2) is 24.8 Å². The van der Waals surface area contributed by atoms with Crippen LogP contribution in [-0.4, -0.2) is 28.8 Å². The van der Waals surface area contributed by atoms with Gasteiger partial charge in [-0.2, -0.15) is 0 Å². The van der Waals surface area contributed by atoms with Gasteiger partial charge in [0.25, 0.3) is 0 Å². The van der Waals surface area contributed by atoms with Crippen molar-refractivity contribution < 1.29 is 24.5 Å². The van der Waals surface area contributed by atoms with Gasteiger partial charge in [-0.15, -0.1) is 0 Å². The van der Waals surface area contributed by atoms with Crippen LogP contribution in [0.3, 0.4) is 0 Å². The Morgan fingerprint density at radius 3 is 2.35 bits per heavy atom. The molecule has 0 heterocycles. The molecule has 0 bridgehead atoms. The Labute approximate surface area is 98.0 Å². The Morgan fingerprint density at radius 2 is 1.88 bits per heavy atom. The van der Waals surface area contributed by atoms with Gasteiger partial charge in [-0.3, -0.25) is 0 Å². The highest BCUT2D eigenvalue weighted by molar-refractivity contribution is 5.96. The van der Waals surface area contributed by atoms with Crippen molar-refractivity contribution in [3.8, 4) is 5.75 Å². The molecule has 0 unspecified atom stereocenters. The zero-order valence-corrected chi connectivity index (χ0v) is 9.27. The van der Waals surface area contributed by atoms with Crippen molar-refractivity contribution in [1.82, 2.24) is 0 Å². The van der Waals surface area contributed by atoms with Crippen LogP contribution < -0.4 is 4.74 Å². The van der Waals surface area contributed by atoms with E-state index in [1.165, 1.54) is 12.1 Å². The van der Waals surface area contributed by atoms with E-state index in [1.54, 1.807) is 6.92 Å². The summed E-state index contributed by atoms with van der Waals surface area (Å²) in [6, 6.07) is 2.49. The zero-order chi connectivity index (χ0) is 13.0. The molecule has 0 saturated carbocycles. The van der Waals surface area contributed by atoms with Gasteiger partial charge in [-0.1, -0.05) is 12.7 Å². The minimum Gasteiger partial charge on any atom is -0.489 e. The van der Waals surface area contributed by atoms with Gasteiger partial charge in [-0.25, -0.2) is 9.59 Å². The lowest BCUT2D eigenvalue weighted by Crippen LogP contribution is -2.08. The second-order valence-electron chi connectivity index (χ2n) is 3.37. The first-order valence-electron chi connectivity index (χ1n) is 4.82. The number of benzene rings is 1. The smallest absolute Gasteiger partial charge is 0.339 e. The van der Waals surface area contributed by atoms with Crippen LogP contribution in [0.1, 0.15) is 26.3 Å². The molecule has 0 radical (unpaired) electrons. The van der Waals surface area contributed by atoms with Crippen LogP contribution in [0, 0.1) is 6.92 Å². The number of hydrogen-bond donors (Lipinski definition) is 2. The average molecular weight is 236 g/mol. The molecule has 0 atom stereocenters. The number of ether oxygens (including phenoxy) is 1. The van der Waals surface area contributed by atoms with Crippen molar-refractivity contribution in [3.63, 3.8) is 0 Å². The van der Waals surface area contributed by atoms with E-state index in [0.717, 1.165) is 6.07 Å². The fourth-order valence-corrected chi connectivity index (χ4v) is 1.35. The molecule has 17 heavy (non-hydrogen) atoms. The normalized spacial score (nSPS) is 9.71. The molecule has 1 aromatic rings. The van der Waals surface area contributed by atoms with E-state index in [2.05, 4.69) is 6.58 Å². The molecule has 0 aliphatic rings. The highest BCUT2D eigenvalue weighted by Gasteiger charge is 2.17. The molecule has 0 aliphatic heterocycles. The Kier molecular flexibility index (Phi) is 3.87. The second kappa shape index (κ2) is 5.16. The summed E-state index contributed by atoms with van der Waals surface area (Å²) in [7, 11) is 0. The minimum absolute atomic E-state index is 0.0478. The Bertz CT molecular complexity index is 476. The number of carboxylic acids is 2. The van der Waals surface area contributed by atoms with Gasteiger partial charge in [0.1, 0.15) is 17.9 Å². The topological polar surface area (TPSA) is 83.8 Å². The van der Waals surface area contributed by atoms with Gasteiger partial charge in [0.05, 0.1) is 5.56 Å². The van der Waals surface area contributed by atoms with Crippen LogP contribution >= 0.6 is 0 Å². The zero-order valence-electron chi connectivity index (χ0n) is 9.27. The Balaban J connectivity index is 3.30. The molecule has 0 aliphatic carbocycles. The summed E-state index contributed by atoms with van der Waals surface area (Å²) < 4.78 is 5.17. The molecule has 90 valence electrons. The SMILES string of the molecule is C=CCOc1cc(C)c(C(=O)O)cc1C(=O)O. The van der Waals surface area contributed by atoms with Gasteiger partial charge in [0, 0.05) is 0 Å². The van der Waals surface area contributed by atoms with Gasteiger partial charge < -0.3 is 14.9 Å². The number of carbonyl (C=O) groups is 2.